The second-order valence-corrected chi connectivity index (χ2v) is 16.6. The van der Waals surface area contributed by atoms with Crippen molar-refractivity contribution in [1.82, 2.24) is 0 Å². The van der Waals surface area contributed by atoms with Crippen molar-refractivity contribution >= 4 is 25.5 Å². The predicted octanol–water partition coefficient (Wildman–Crippen LogP) is 3.62. The molecule has 0 bridgehead atoms. The first-order valence-corrected chi connectivity index (χ1v) is 13.6. The van der Waals surface area contributed by atoms with Crippen LogP contribution in [0.15, 0.2) is 86.0 Å². The standard InChI is InChI=1S/2C6H5.2C3H5.Sn/c2*1-2-4-6-5-3-1;2*1-3-2;/h2*1-5H;2*3H,1-2H2;. The Balaban J connectivity index is 2.60. The summed E-state index contributed by atoms with van der Waals surface area (Å²) in [5.41, 5.74) is 0. The van der Waals surface area contributed by atoms with Gasteiger partial charge in [-0.05, 0) is 0 Å². The van der Waals surface area contributed by atoms with Gasteiger partial charge in [0, 0.05) is 0 Å². The fourth-order valence-corrected chi connectivity index (χ4v) is 14.4. The number of benzene rings is 2. The molecule has 0 saturated heterocycles. The van der Waals surface area contributed by atoms with Gasteiger partial charge < -0.3 is 0 Å². The van der Waals surface area contributed by atoms with Gasteiger partial charge in [0.05, 0.1) is 0 Å². The Hall–Kier alpha value is -1.28. The molecule has 1 heteroatoms. The van der Waals surface area contributed by atoms with E-state index >= 15 is 0 Å². The third-order valence-corrected chi connectivity index (χ3v) is 17.5. The number of rotatable bonds is 6. The topological polar surface area (TPSA) is 0 Å². The van der Waals surface area contributed by atoms with Crippen molar-refractivity contribution in [2.24, 2.45) is 0 Å². The summed E-state index contributed by atoms with van der Waals surface area (Å²) in [7, 11) is 0. The first kappa shape index (κ1) is 14.1. The average Bonchev–Trinajstić information content (AvgIpc) is 2.49. The summed E-state index contributed by atoms with van der Waals surface area (Å²) in [5.74, 6) is 0. The maximum absolute atomic E-state index is 4.00. The zero-order chi connectivity index (χ0) is 13.6. The molecule has 0 aliphatic heterocycles. The van der Waals surface area contributed by atoms with Gasteiger partial charge >= 0.3 is 120 Å². The van der Waals surface area contributed by atoms with E-state index in [0.717, 1.165) is 8.87 Å². The van der Waals surface area contributed by atoms with Gasteiger partial charge in [-0.15, -0.1) is 0 Å². The van der Waals surface area contributed by atoms with Crippen molar-refractivity contribution in [3.05, 3.63) is 86.0 Å². The molecule has 2 aromatic rings. The molecule has 0 radical (unpaired) electrons. The normalized spacial score (nSPS) is 10.9. The van der Waals surface area contributed by atoms with Crippen molar-refractivity contribution in [3.8, 4) is 0 Å². The van der Waals surface area contributed by atoms with E-state index in [-0.39, 0.29) is 0 Å². The molecule has 96 valence electrons. The molecular formula is C18H20Sn. The third kappa shape index (κ3) is 3.00. The van der Waals surface area contributed by atoms with Crippen LogP contribution in [0.4, 0.5) is 0 Å². The Morgan fingerprint density at radius 1 is 0.684 bits per heavy atom. The van der Waals surface area contributed by atoms with Gasteiger partial charge in [0.15, 0.2) is 0 Å². The van der Waals surface area contributed by atoms with Crippen LogP contribution in [0.25, 0.3) is 0 Å². The minimum absolute atomic E-state index is 1.12. The quantitative estimate of drug-likeness (QED) is 0.549. The van der Waals surface area contributed by atoms with Crippen LogP contribution in [0.1, 0.15) is 0 Å². The van der Waals surface area contributed by atoms with Gasteiger partial charge in [-0.1, -0.05) is 0 Å². The van der Waals surface area contributed by atoms with Crippen LogP contribution in [0.2, 0.25) is 8.87 Å². The van der Waals surface area contributed by atoms with Crippen molar-refractivity contribution < 1.29 is 0 Å². The summed E-state index contributed by atoms with van der Waals surface area (Å²) >= 11 is -2.67. The molecule has 0 aliphatic rings. The van der Waals surface area contributed by atoms with Gasteiger partial charge in [-0.25, -0.2) is 0 Å². The zero-order valence-electron chi connectivity index (χ0n) is 11.3. The Kier molecular flexibility index (Phi) is 5.03. The summed E-state index contributed by atoms with van der Waals surface area (Å²) in [6.07, 6.45) is 4.19. The first-order chi connectivity index (χ1) is 9.33. The molecule has 0 saturated carbocycles. The zero-order valence-corrected chi connectivity index (χ0v) is 14.1. The van der Waals surface area contributed by atoms with Crippen molar-refractivity contribution in [2.45, 2.75) is 8.87 Å². The van der Waals surface area contributed by atoms with Crippen LogP contribution < -0.4 is 7.16 Å². The van der Waals surface area contributed by atoms with E-state index in [2.05, 4.69) is 86.0 Å². The van der Waals surface area contributed by atoms with Gasteiger partial charge in [0.1, 0.15) is 0 Å². The molecule has 0 amide bonds. The molecule has 0 aliphatic carbocycles. The number of hydrogen-bond donors (Lipinski definition) is 0. The Bertz CT molecular complexity index is 477. The van der Waals surface area contributed by atoms with Gasteiger partial charge in [0.2, 0.25) is 0 Å². The summed E-state index contributed by atoms with van der Waals surface area (Å²) < 4.78 is 5.30. The average molecular weight is 355 g/mol. The van der Waals surface area contributed by atoms with Crippen LogP contribution in [0.5, 0.6) is 0 Å². The maximum atomic E-state index is 4.00. The molecule has 0 N–H and O–H groups in total. The molecular weight excluding hydrogens is 335 g/mol. The predicted molar refractivity (Wildman–Crippen MR) is 87.9 cm³/mol. The van der Waals surface area contributed by atoms with Crippen molar-refractivity contribution in [3.63, 3.8) is 0 Å². The van der Waals surface area contributed by atoms with E-state index in [9.17, 15) is 0 Å². The monoisotopic (exact) mass is 356 g/mol. The molecule has 0 spiro atoms. The first-order valence-electron chi connectivity index (χ1n) is 6.66. The summed E-state index contributed by atoms with van der Waals surface area (Å²) in [4.78, 5) is 0. The van der Waals surface area contributed by atoms with Crippen molar-refractivity contribution in [1.29, 1.82) is 0 Å². The van der Waals surface area contributed by atoms with E-state index in [1.165, 1.54) is 7.16 Å². The molecule has 0 nitrogen and oxygen atoms in total. The second kappa shape index (κ2) is 6.76. The van der Waals surface area contributed by atoms with E-state index in [4.69, 9.17) is 0 Å². The minimum atomic E-state index is -2.67. The van der Waals surface area contributed by atoms with Crippen LogP contribution in [0.3, 0.4) is 0 Å². The van der Waals surface area contributed by atoms with E-state index in [1.54, 1.807) is 0 Å². The molecule has 0 aromatic heterocycles. The Labute approximate surface area is 120 Å². The molecule has 19 heavy (non-hydrogen) atoms. The SMILES string of the molecule is C=C[CH2][Sn]([CH2]C=C)([c]1ccccc1)[c]1ccccc1. The fraction of sp³-hybridized carbons (Fsp3) is 0.111. The molecule has 2 aromatic carbocycles. The van der Waals surface area contributed by atoms with Crippen molar-refractivity contribution in [2.75, 3.05) is 0 Å². The Morgan fingerprint density at radius 2 is 1.05 bits per heavy atom. The van der Waals surface area contributed by atoms with Crippen LogP contribution in [0, 0.1) is 0 Å². The van der Waals surface area contributed by atoms with E-state index in [1.807, 2.05) is 0 Å². The molecule has 0 atom stereocenters. The summed E-state index contributed by atoms with van der Waals surface area (Å²) in [5, 5.41) is 0. The molecule has 0 heterocycles. The Morgan fingerprint density at radius 3 is 1.37 bits per heavy atom. The molecule has 2 rings (SSSR count). The van der Waals surface area contributed by atoms with E-state index in [0.29, 0.717) is 0 Å². The second-order valence-electron chi connectivity index (χ2n) is 4.80. The van der Waals surface area contributed by atoms with Crippen LogP contribution in [-0.4, -0.2) is 18.4 Å². The molecule has 0 fully saturated rings. The van der Waals surface area contributed by atoms with E-state index < -0.39 is 18.4 Å². The fourth-order valence-electron chi connectivity index (χ4n) is 2.73. The summed E-state index contributed by atoms with van der Waals surface area (Å²) in [6, 6.07) is 21.9. The van der Waals surface area contributed by atoms with Gasteiger partial charge in [0.25, 0.3) is 0 Å². The van der Waals surface area contributed by atoms with Crippen LogP contribution >= 0.6 is 0 Å². The number of allylic oxidation sites excluding steroid dienone is 2. The van der Waals surface area contributed by atoms with Gasteiger partial charge in [-0.3, -0.25) is 0 Å². The third-order valence-electron chi connectivity index (χ3n) is 3.64. The molecule has 0 unspecified atom stereocenters. The number of hydrogen-bond acceptors (Lipinski definition) is 0. The summed E-state index contributed by atoms with van der Waals surface area (Å²) in [6.45, 7) is 7.99. The van der Waals surface area contributed by atoms with Crippen LogP contribution in [-0.2, 0) is 0 Å². The van der Waals surface area contributed by atoms with Gasteiger partial charge in [-0.2, -0.15) is 0 Å².